The molecule has 7 heteroatoms. The lowest BCUT2D eigenvalue weighted by molar-refractivity contribution is -0.138. The highest BCUT2D eigenvalue weighted by molar-refractivity contribution is 5.97. The van der Waals surface area contributed by atoms with Gasteiger partial charge >= 0.3 is 5.97 Å². The molecule has 4 N–H and O–H groups in total. The Morgan fingerprint density at radius 3 is 2.95 bits per heavy atom. The molecule has 0 aliphatic heterocycles. The van der Waals surface area contributed by atoms with E-state index < -0.39 is 24.3 Å². The van der Waals surface area contributed by atoms with Gasteiger partial charge in [-0.2, -0.15) is 0 Å². The highest BCUT2D eigenvalue weighted by Crippen LogP contribution is 2.19. The van der Waals surface area contributed by atoms with Crippen LogP contribution in [-0.2, 0) is 9.59 Å². The molecule has 2 aromatic rings. The van der Waals surface area contributed by atoms with Gasteiger partial charge in [-0.3, -0.25) is 9.59 Å². The zero-order valence-electron chi connectivity index (χ0n) is 10.2. The van der Waals surface area contributed by atoms with Crippen molar-refractivity contribution in [1.29, 1.82) is 0 Å². The molecule has 100 valence electrons. The van der Waals surface area contributed by atoms with Gasteiger partial charge in [0.1, 0.15) is 5.52 Å². The lowest BCUT2D eigenvalue weighted by Gasteiger charge is -2.09. The number of carboxylic acid groups (broad SMARTS) is 1. The summed E-state index contributed by atoms with van der Waals surface area (Å²) in [4.78, 5) is 26.2. The number of carbonyl (C=O) groups is 2. The molecule has 0 fully saturated rings. The van der Waals surface area contributed by atoms with Gasteiger partial charge in [-0.05, 0) is 12.1 Å². The third-order valence-corrected chi connectivity index (χ3v) is 2.49. The molecular formula is C12H13N3O4. The van der Waals surface area contributed by atoms with Crippen LogP contribution in [0.4, 0.5) is 5.69 Å². The quantitative estimate of drug-likeness (QED) is 0.753. The highest BCUT2D eigenvalue weighted by Gasteiger charge is 2.17. The van der Waals surface area contributed by atoms with Crippen molar-refractivity contribution in [1.82, 2.24) is 4.98 Å². The van der Waals surface area contributed by atoms with Crippen molar-refractivity contribution in [2.75, 3.05) is 5.32 Å². The Labute approximate surface area is 108 Å². The van der Waals surface area contributed by atoms with E-state index >= 15 is 0 Å². The van der Waals surface area contributed by atoms with E-state index in [0.717, 1.165) is 0 Å². The first-order valence-electron chi connectivity index (χ1n) is 5.61. The van der Waals surface area contributed by atoms with Gasteiger partial charge in [-0.15, -0.1) is 0 Å². The Bertz CT molecular complexity index is 635. The number of carboxylic acids is 1. The maximum absolute atomic E-state index is 11.6. The van der Waals surface area contributed by atoms with E-state index in [2.05, 4.69) is 10.3 Å². The first-order valence-corrected chi connectivity index (χ1v) is 5.61. The number of amides is 1. The molecule has 7 nitrogen and oxygen atoms in total. The minimum atomic E-state index is -1.12. The molecule has 1 unspecified atom stereocenters. The van der Waals surface area contributed by atoms with Gasteiger partial charge in [-0.1, -0.05) is 0 Å². The van der Waals surface area contributed by atoms with E-state index in [1.807, 2.05) is 0 Å². The molecule has 0 saturated heterocycles. The standard InChI is InChI=1S/C12H13N3O4/c1-6-14-9-3-2-7(4-10(9)19-6)15-12(18)8(13)5-11(16)17/h2-4,8H,5,13H2,1H3,(H,15,18)(H,16,17). The third kappa shape index (κ3) is 3.08. The monoisotopic (exact) mass is 263 g/mol. The molecule has 19 heavy (non-hydrogen) atoms. The van der Waals surface area contributed by atoms with Crippen LogP contribution in [0, 0.1) is 6.92 Å². The second-order valence-electron chi connectivity index (χ2n) is 4.11. The number of rotatable bonds is 4. The molecule has 1 aromatic carbocycles. The predicted molar refractivity (Wildman–Crippen MR) is 67.6 cm³/mol. The molecule has 0 spiro atoms. The molecule has 0 bridgehead atoms. The van der Waals surface area contributed by atoms with Gasteiger partial charge in [0.25, 0.3) is 0 Å². The van der Waals surface area contributed by atoms with Crippen LogP contribution in [-0.4, -0.2) is 28.0 Å². The Morgan fingerprint density at radius 2 is 2.26 bits per heavy atom. The maximum Gasteiger partial charge on any atom is 0.305 e. The number of anilines is 1. The Kier molecular flexibility index (Phi) is 3.48. The van der Waals surface area contributed by atoms with Crippen LogP contribution in [0.5, 0.6) is 0 Å². The van der Waals surface area contributed by atoms with Crippen molar-refractivity contribution < 1.29 is 19.1 Å². The molecule has 1 heterocycles. The fourth-order valence-electron chi connectivity index (χ4n) is 1.63. The van der Waals surface area contributed by atoms with Crippen LogP contribution in [0.2, 0.25) is 0 Å². The number of nitrogens with one attached hydrogen (secondary N) is 1. The van der Waals surface area contributed by atoms with Gasteiger partial charge in [0.2, 0.25) is 5.91 Å². The Hall–Kier alpha value is -2.41. The van der Waals surface area contributed by atoms with E-state index in [1.165, 1.54) is 0 Å². The lowest BCUT2D eigenvalue weighted by Crippen LogP contribution is -2.37. The van der Waals surface area contributed by atoms with Crippen LogP contribution >= 0.6 is 0 Å². The lowest BCUT2D eigenvalue weighted by atomic mass is 10.2. The number of nitrogens with two attached hydrogens (primary N) is 1. The van der Waals surface area contributed by atoms with Crippen molar-refractivity contribution in [2.45, 2.75) is 19.4 Å². The molecule has 2 rings (SSSR count). The number of oxazole rings is 1. The molecule has 0 aliphatic rings. The van der Waals surface area contributed by atoms with Crippen LogP contribution in [0.25, 0.3) is 11.1 Å². The summed E-state index contributed by atoms with van der Waals surface area (Å²) >= 11 is 0. The molecule has 0 saturated carbocycles. The number of benzene rings is 1. The maximum atomic E-state index is 11.6. The average Bonchev–Trinajstić information content (AvgIpc) is 2.67. The van der Waals surface area contributed by atoms with E-state index in [-0.39, 0.29) is 0 Å². The summed E-state index contributed by atoms with van der Waals surface area (Å²) in [5.74, 6) is -1.15. The Morgan fingerprint density at radius 1 is 1.53 bits per heavy atom. The summed E-state index contributed by atoms with van der Waals surface area (Å²) in [6, 6.07) is 3.87. The zero-order valence-corrected chi connectivity index (χ0v) is 10.2. The van der Waals surface area contributed by atoms with Gasteiger partial charge in [0, 0.05) is 18.7 Å². The fraction of sp³-hybridized carbons (Fsp3) is 0.250. The van der Waals surface area contributed by atoms with E-state index in [9.17, 15) is 9.59 Å². The number of carbonyl (C=O) groups excluding carboxylic acids is 1. The second kappa shape index (κ2) is 5.07. The zero-order chi connectivity index (χ0) is 14.0. The smallest absolute Gasteiger partial charge is 0.305 e. The minimum absolute atomic E-state index is 0.421. The summed E-state index contributed by atoms with van der Waals surface area (Å²) in [5.41, 5.74) is 7.16. The molecular weight excluding hydrogens is 250 g/mol. The van der Waals surface area contributed by atoms with Crippen LogP contribution < -0.4 is 11.1 Å². The number of aliphatic carboxylic acids is 1. The van der Waals surface area contributed by atoms with Gasteiger partial charge < -0.3 is 20.6 Å². The number of hydrogen-bond donors (Lipinski definition) is 3. The number of aromatic nitrogens is 1. The number of hydrogen-bond acceptors (Lipinski definition) is 5. The first-order chi connectivity index (χ1) is 8.95. The van der Waals surface area contributed by atoms with E-state index in [1.54, 1.807) is 25.1 Å². The van der Waals surface area contributed by atoms with Crippen LogP contribution in [0.15, 0.2) is 22.6 Å². The minimum Gasteiger partial charge on any atom is -0.481 e. The summed E-state index contributed by atoms with van der Waals surface area (Å²) in [6.45, 7) is 1.72. The Balaban J connectivity index is 2.12. The van der Waals surface area contributed by atoms with Gasteiger partial charge in [0.05, 0.1) is 12.5 Å². The topological polar surface area (TPSA) is 118 Å². The summed E-state index contributed by atoms with van der Waals surface area (Å²) < 4.78 is 5.33. The normalized spacial score (nSPS) is 12.3. The summed E-state index contributed by atoms with van der Waals surface area (Å²) in [6.07, 6.45) is -0.421. The van der Waals surface area contributed by atoms with Crippen molar-refractivity contribution in [3.8, 4) is 0 Å². The average molecular weight is 263 g/mol. The first kappa shape index (κ1) is 13.0. The fourth-order valence-corrected chi connectivity index (χ4v) is 1.63. The van der Waals surface area contributed by atoms with E-state index in [4.69, 9.17) is 15.3 Å². The number of aryl methyl sites for hydroxylation is 1. The molecule has 1 aromatic heterocycles. The summed E-state index contributed by atoms with van der Waals surface area (Å²) in [7, 11) is 0. The third-order valence-electron chi connectivity index (χ3n) is 2.49. The number of nitrogens with zero attached hydrogens (tertiary/aromatic N) is 1. The van der Waals surface area contributed by atoms with Gasteiger partial charge in [0.15, 0.2) is 11.5 Å². The van der Waals surface area contributed by atoms with Crippen LogP contribution in [0.1, 0.15) is 12.3 Å². The van der Waals surface area contributed by atoms with Crippen molar-refractivity contribution in [2.24, 2.45) is 5.73 Å². The van der Waals surface area contributed by atoms with Crippen molar-refractivity contribution in [3.63, 3.8) is 0 Å². The van der Waals surface area contributed by atoms with Gasteiger partial charge in [-0.25, -0.2) is 4.98 Å². The second-order valence-corrected chi connectivity index (χ2v) is 4.11. The molecule has 1 amide bonds. The highest BCUT2D eigenvalue weighted by atomic mass is 16.4. The SMILES string of the molecule is Cc1nc2ccc(NC(=O)C(N)CC(=O)O)cc2o1. The summed E-state index contributed by atoms with van der Waals surface area (Å²) in [5, 5.41) is 11.1. The van der Waals surface area contributed by atoms with Crippen molar-refractivity contribution >= 4 is 28.7 Å². The molecule has 1 atom stereocenters. The molecule has 0 radical (unpaired) electrons. The predicted octanol–water partition coefficient (Wildman–Crippen LogP) is 0.877. The van der Waals surface area contributed by atoms with Crippen LogP contribution in [0.3, 0.4) is 0 Å². The van der Waals surface area contributed by atoms with E-state index in [0.29, 0.717) is 22.7 Å². The van der Waals surface area contributed by atoms with Crippen molar-refractivity contribution in [3.05, 3.63) is 24.1 Å². The largest absolute Gasteiger partial charge is 0.481 e. The molecule has 0 aliphatic carbocycles. The number of fused-ring (bicyclic) bond motifs is 1.